The molecule has 1 N–H and O–H groups in total. The number of aliphatic imine (C=N–C) groups is 1. The second-order valence-corrected chi connectivity index (χ2v) is 8.25. The first-order chi connectivity index (χ1) is 14.1. The number of guanidine groups is 1. The predicted octanol–water partition coefficient (Wildman–Crippen LogP) is 3.27. The van der Waals surface area contributed by atoms with Crippen LogP contribution in [0.5, 0.6) is 0 Å². The number of carbonyl (C=O) groups is 1. The zero-order chi connectivity index (χ0) is 20.6. The van der Waals surface area contributed by atoms with Crippen LogP contribution in [-0.2, 0) is 16.1 Å². The van der Waals surface area contributed by atoms with Crippen molar-refractivity contribution >= 4 is 17.6 Å². The SMILES string of the molecule is CCOC(=O)C1CCN(C(=NC)NCc2ccc(N3CCC(C)CC3)cc2)CC1. The van der Waals surface area contributed by atoms with E-state index in [9.17, 15) is 4.79 Å². The van der Waals surface area contributed by atoms with E-state index in [1.807, 2.05) is 14.0 Å². The van der Waals surface area contributed by atoms with Crippen LogP contribution in [0, 0.1) is 11.8 Å². The lowest BCUT2D eigenvalue weighted by molar-refractivity contribution is -0.149. The summed E-state index contributed by atoms with van der Waals surface area (Å²) in [6, 6.07) is 8.89. The fourth-order valence-electron chi connectivity index (χ4n) is 4.19. The topological polar surface area (TPSA) is 57.2 Å². The number of likely N-dealkylation sites (tertiary alicyclic amines) is 1. The molecule has 2 saturated heterocycles. The Labute approximate surface area is 175 Å². The summed E-state index contributed by atoms with van der Waals surface area (Å²) in [6.45, 7) is 9.39. The maximum Gasteiger partial charge on any atom is 0.309 e. The fraction of sp³-hybridized carbons (Fsp3) is 0.652. The van der Waals surface area contributed by atoms with Crippen LogP contribution < -0.4 is 10.2 Å². The highest BCUT2D eigenvalue weighted by Gasteiger charge is 2.27. The number of esters is 1. The molecule has 2 fully saturated rings. The number of ether oxygens (including phenoxy) is 1. The number of nitrogens with zero attached hydrogens (tertiary/aromatic N) is 3. The van der Waals surface area contributed by atoms with Gasteiger partial charge in [0.2, 0.25) is 0 Å². The van der Waals surface area contributed by atoms with Crippen LogP contribution in [0.4, 0.5) is 5.69 Å². The van der Waals surface area contributed by atoms with Crippen LogP contribution in [-0.4, -0.2) is 56.7 Å². The molecule has 2 aliphatic heterocycles. The van der Waals surface area contributed by atoms with Crippen LogP contribution in [0.25, 0.3) is 0 Å². The van der Waals surface area contributed by atoms with Crippen molar-refractivity contribution < 1.29 is 9.53 Å². The summed E-state index contributed by atoms with van der Waals surface area (Å²) in [6.07, 6.45) is 4.21. The zero-order valence-corrected chi connectivity index (χ0v) is 18.2. The molecular weight excluding hydrogens is 364 g/mol. The Morgan fingerprint density at radius 2 is 1.76 bits per heavy atom. The van der Waals surface area contributed by atoms with Gasteiger partial charge in [-0.05, 0) is 56.2 Å². The van der Waals surface area contributed by atoms with E-state index in [2.05, 4.69) is 51.3 Å². The van der Waals surface area contributed by atoms with Gasteiger partial charge in [-0.25, -0.2) is 0 Å². The van der Waals surface area contributed by atoms with Gasteiger partial charge in [-0.15, -0.1) is 0 Å². The van der Waals surface area contributed by atoms with E-state index in [4.69, 9.17) is 4.74 Å². The monoisotopic (exact) mass is 400 g/mol. The Kier molecular flexibility index (Phi) is 7.78. The third-order valence-corrected chi connectivity index (χ3v) is 6.16. The summed E-state index contributed by atoms with van der Waals surface area (Å²) in [7, 11) is 1.82. The van der Waals surface area contributed by atoms with Crippen LogP contribution in [0.2, 0.25) is 0 Å². The first-order valence-electron chi connectivity index (χ1n) is 11.1. The lowest BCUT2D eigenvalue weighted by atomic mass is 9.97. The Hall–Kier alpha value is -2.24. The Bertz CT molecular complexity index is 673. The minimum atomic E-state index is -0.0571. The predicted molar refractivity (Wildman–Crippen MR) is 118 cm³/mol. The van der Waals surface area contributed by atoms with Gasteiger partial charge >= 0.3 is 5.97 Å². The van der Waals surface area contributed by atoms with Gasteiger partial charge < -0.3 is 19.9 Å². The van der Waals surface area contributed by atoms with Gasteiger partial charge in [0.05, 0.1) is 12.5 Å². The van der Waals surface area contributed by atoms with E-state index in [-0.39, 0.29) is 11.9 Å². The number of rotatable bonds is 5. The number of carbonyl (C=O) groups excluding carboxylic acids is 1. The van der Waals surface area contributed by atoms with Crippen molar-refractivity contribution in [1.29, 1.82) is 0 Å². The van der Waals surface area contributed by atoms with Crippen molar-refractivity contribution in [2.75, 3.05) is 44.7 Å². The second-order valence-electron chi connectivity index (χ2n) is 8.25. The number of hydrogen-bond acceptors (Lipinski definition) is 4. The molecule has 6 nitrogen and oxygen atoms in total. The number of benzene rings is 1. The molecule has 0 aromatic heterocycles. The average molecular weight is 401 g/mol. The molecule has 29 heavy (non-hydrogen) atoms. The summed E-state index contributed by atoms with van der Waals surface area (Å²) in [4.78, 5) is 21.1. The normalized spacial score (nSPS) is 19.3. The van der Waals surface area contributed by atoms with E-state index in [1.54, 1.807) is 0 Å². The number of hydrogen-bond donors (Lipinski definition) is 1. The summed E-state index contributed by atoms with van der Waals surface area (Å²) in [5.41, 5.74) is 2.58. The van der Waals surface area contributed by atoms with Crippen molar-refractivity contribution in [3.63, 3.8) is 0 Å². The molecule has 2 aliphatic rings. The Balaban J connectivity index is 1.47. The van der Waals surface area contributed by atoms with E-state index < -0.39 is 0 Å². The van der Waals surface area contributed by atoms with Crippen molar-refractivity contribution in [1.82, 2.24) is 10.2 Å². The largest absolute Gasteiger partial charge is 0.466 e. The summed E-state index contributed by atoms with van der Waals surface area (Å²) in [5, 5.41) is 3.48. The average Bonchev–Trinajstić information content (AvgIpc) is 2.76. The highest BCUT2D eigenvalue weighted by atomic mass is 16.5. The summed E-state index contributed by atoms with van der Waals surface area (Å²) < 4.78 is 5.16. The van der Waals surface area contributed by atoms with Gasteiger partial charge in [-0.1, -0.05) is 19.1 Å². The minimum absolute atomic E-state index is 0.0228. The molecule has 0 bridgehead atoms. The minimum Gasteiger partial charge on any atom is -0.466 e. The Morgan fingerprint density at radius 1 is 1.10 bits per heavy atom. The summed E-state index contributed by atoms with van der Waals surface area (Å²) >= 11 is 0. The van der Waals surface area contributed by atoms with Gasteiger partial charge in [0, 0.05) is 45.5 Å². The lowest BCUT2D eigenvalue weighted by Crippen LogP contribution is -2.46. The van der Waals surface area contributed by atoms with Crippen LogP contribution >= 0.6 is 0 Å². The molecule has 1 aromatic rings. The van der Waals surface area contributed by atoms with Crippen LogP contribution in [0.1, 0.15) is 45.1 Å². The maximum absolute atomic E-state index is 11.9. The standard InChI is InChI=1S/C23H36N4O2/c1-4-29-22(28)20-11-15-27(16-12-20)23(24-3)25-17-19-5-7-21(8-6-19)26-13-9-18(2)10-14-26/h5-8,18,20H,4,9-17H2,1-3H3,(H,24,25). The van der Waals surface area contributed by atoms with Crippen molar-refractivity contribution in [3.05, 3.63) is 29.8 Å². The molecule has 2 heterocycles. The first kappa shape index (κ1) is 21.5. The molecule has 0 atom stereocenters. The van der Waals surface area contributed by atoms with Crippen molar-refractivity contribution in [2.24, 2.45) is 16.8 Å². The quantitative estimate of drug-likeness (QED) is 0.467. The van der Waals surface area contributed by atoms with E-state index in [0.29, 0.717) is 6.61 Å². The molecule has 0 aliphatic carbocycles. The van der Waals surface area contributed by atoms with E-state index >= 15 is 0 Å². The smallest absolute Gasteiger partial charge is 0.309 e. The maximum atomic E-state index is 11.9. The number of piperidine rings is 2. The Morgan fingerprint density at radius 3 is 2.34 bits per heavy atom. The number of anilines is 1. The third kappa shape index (κ3) is 5.87. The van der Waals surface area contributed by atoms with Gasteiger partial charge in [0.25, 0.3) is 0 Å². The molecule has 0 saturated carbocycles. The molecular formula is C23H36N4O2. The van der Waals surface area contributed by atoms with Gasteiger partial charge in [-0.3, -0.25) is 9.79 Å². The second kappa shape index (κ2) is 10.5. The molecule has 160 valence electrons. The molecule has 0 spiro atoms. The number of nitrogens with one attached hydrogen (secondary N) is 1. The lowest BCUT2D eigenvalue weighted by Gasteiger charge is -2.33. The van der Waals surface area contributed by atoms with Gasteiger partial charge in [0.15, 0.2) is 5.96 Å². The molecule has 1 aromatic carbocycles. The van der Waals surface area contributed by atoms with Crippen molar-refractivity contribution in [3.8, 4) is 0 Å². The molecule has 0 unspecified atom stereocenters. The molecule has 6 heteroatoms. The first-order valence-corrected chi connectivity index (χ1v) is 11.1. The van der Waals surface area contributed by atoms with Gasteiger partial charge in [-0.2, -0.15) is 0 Å². The van der Waals surface area contributed by atoms with Crippen LogP contribution in [0.15, 0.2) is 29.3 Å². The van der Waals surface area contributed by atoms with Crippen LogP contribution in [0.3, 0.4) is 0 Å². The van der Waals surface area contributed by atoms with E-state index in [0.717, 1.165) is 57.4 Å². The molecule has 3 rings (SSSR count). The summed E-state index contributed by atoms with van der Waals surface area (Å²) in [5.74, 6) is 1.72. The zero-order valence-electron chi connectivity index (χ0n) is 18.2. The van der Waals surface area contributed by atoms with Crippen molar-refractivity contribution in [2.45, 2.75) is 46.1 Å². The third-order valence-electron chi connectivity index (χ3n) is 6.16. The molecule has 0 radical (unpaired) electrons. The molecule has 0 amide bonds. The highest BCUT2D eigenvalue weighted by Crippen LogP contribution is 2.23. The van der Waals surface area contributed by atoms with E-state index in [1.165, 1.54) is 24.1 Å². The highest BCUT2D eigenvalue weighted by molar-refractivity contribution is 5.80. The fourth-order valence-corrected chi connectivity index (χ4v) is 4.19. The van der Waals surface area contributed by atoms with Gasteiger partial charge in [0.1, 0.15) is 0 Å².